The first-order chi connectivity index (χ1) is 11.0. The normalized spacial score (nSPS) is 10.7. The summed E-state index contributed by atoms with van der Waals surface area (Å²) in [5, 5.41) is 13.1. The molecule has 7 heteroatoms. The van der Waals surface area contributed by atoms with Crippen molar-refractivity contribution in [2.45, 2.75) is 6.92 Å². The number of aromatic hydroxyl groups is 1. The topological polar surface area (TPSA) is 70.9 Å². The third kappa shape index (κ3) is 5.37. The summed E-state index contributed by atoms with van der Waals surface area (Å²) in [4.78, 5) is 11.7. The number of rotatable bonds is 5. The Bertz CT molecular complexity index is 725. The molecule has 0 aliphatic carbocycles. The van der Waals surface area contributed by atoms with E-state index in [4.69, 9.17) is 4.74 Å². The number of aryl methyl sites for hydroxylation is 1. The van der Waals surface area contributed by atoms with Gasteiger partial charge in [0.2, 0.25) is 0 Å². The van der Waals surface area contributed by atoms with Crippen LogP contribution in [0, 0.1) is 6.92 Å². The number of benzene rings is 2. The van der Waals surface area contributed by atoms with E-state index in [1.165, 1.54) is 12.3 Å². The van der Waals surface area contributed by atoms with Gasteiger partial charge in [-0.05, 0) is 58.2 Å². The second kappa shape index (κ2) is 8.12. The van der Waals surface area contributed by atoms with Crippen molar-refractivity contribution in [1.82, 2.24) is 5.43 Å². The molecule has 0 unspecified atom stereocenters. The molecule has 2 aromatic rings. The molecule has 0 atom stereocenters. The van der Waals surface area contributed by atoms with Crippen molar-refractivity contribution in [3.63, 3.8) is 0 Å². The van der Waals surface area contributed by atoms with Crippen LogP contribution in [0.15, 0.2) is 50.4 Å². The summed E-state index contributed by atoms with van der Waals surface area (Å²) in [7, 11) is 0. The van der Waals surface area contributed by atoms with E-state index in [1.807, 2.05) is 19.1 Å². The van der Waals surface area contributed by atoms with E-state index in [-0.39, 0.29) is 18.3 Å². The van der Waals surface area contributed by atoms with Crippen LogP contribution in [0.5, 0.6) is 11.5 Å². The first kappa shape index (κ1) is 17.5. The van der Waals surface area contributed by atoms with Crippen LogP contribution in [0.4, 0.5) is 0 Å². The molecule has 0 fully saturated rings. The maximum Gasteiger partial charge on any atom is 0.277 e. The lowest BCUT2D eigenvalue weighted by molar-refractivity contribution is -0.123. The highest BCUT2D eigenvalue weighted by molar-refractivity contribution is 9.11. The lowest BCUT2D eigenvalue weighted by Gasteiger charge is -2.10. The molecule has 0 heterocycles. The van der Waals surface area contributed by atoms with Gasteiger partial charge in [0.25, 0.3) is 5.91 Å². The van der Waals surface area contributed by atoms with Crippen molar-refractivity contribution >= 4 is 44.0 Å². The first-order valence-corrected chi connectivity index (χ1v) is 8.23. The van der Waals surface area contributed by atoms with Crippen LogP contribution in [0.3, 0.4) is 0 Å². The number of halogens is 2. The number of phenols is 1. The van der Waals surface area contributed by atoms with Crippen LogP contribution < -0.4 is 10.2 Å². The molecule has 1 amide bonds. The van der Waals surface area contributed by atoms with E-state index in [2.05, 4.69) is 42.4 Å². The number of ether oxygens (including phenoxy) is 1. The summed E-state index contributed by atoms with van der Waals surface area (Å²) < 4.78 is 7.20. The Kier molecular flexibility index (Phi) is 6.18. The molecule has 23 heavy (non-hydrogen) atoms. The van der Waals surface area contributed by atoms with Crippen LogP contribution >= 0.6 is 31.9 Å². The summed E-state index contributed by atoms with van der Waals surface area (Å²) in [6.45, 7) is 1.74. The molecule has 0 aliphatic rings. The number of carbonyl (C=O) groups is 1. The zero-order valence-electron chi connectivity index (χ0n) is 12.2. The van der Waals surface area contributed by atoms with Gasteiger partial charge in [-0.2, -0.15) is 5.10 Å². The standard InChI is InChI=1S/C16H14Br2N2O3/c1-10-5-12(17)7-14(18)16(10)23-9-15(22)20-19-8-11-3-2-4-13(21)6-11/h2-8,21H,9H2,1H3,(H,20,22). The SMILES string of the molecule is Cc1cc(Br)cc(Br)c1OCC(=O)NN=Cc1cccc(O)c1. The van der Waals surface area contributed by atoms with Gasteiger partial charge in [-0.25, -0.2) is 5.43 Å². The lowest BCUT2D eigenvalue weighted by Crippen LogP contribution is -2.24. The average molecular weight is 442 g/mol. The summed E-state index contributed by atoms with van der Waals surface area (Å²) in [6, 6.07) is 10.3. The fourth-order valence-electron chi connectivity index (χ4n) is 1.83. The first-order valence-electron chi connectivity index (χ1n) is 6.65. The molecule has 0 saturated heterocycles. The number of nitrogens with one attached hydrogen (secondary N) is 1. The monoisotopic (exact) mass is 440 g/mol. The predicted octanol–water partition coefficient (Wildman–Crippen LogP) is 3.75. The van der Waals surface area contributed by atoms with Gasteiger partial charge in [-0.1, -0.05) is 28.1 Å². The zero-order chi connectivity index (χ0) is 16.8. The van der Waals surface area contributed by atoms with Crippen LogP contribution in [-0.2, 0) is 4.79 Å². The minimum absolute atomic E-state index is 0.138. The minimum Gasteiger partial charge on any atom is -0.508 e. The van der Waals surface area contributed by atoms with Gasteiger partial charge in [-0.15, -0.1) is 0 Å². The molecular weight excluding hydrogens is 428 g/mol. The quantitative estimate of drug-likeness (QED) is 0.548. The highest BCUT2D eigenvalue weighted by Gasteiger charge is 2.09. The van der Waals surface area contributed by atoms with Gasteiger partial charge >= 0.3 is 0 Å². The number of nitrogens with zero attached hydrogens (tertiary/aromatic N) is 1. The Morgan fingerprint density at radius 1 is 1.35 bits per heavy atom. The number of hydrazone groups is 1. The molecule has 2 aromatic carbocycles. The summed E-state index contributed by atoms with van der Waals surface area (Å²) in [6.07, 6.45) is 1.44. The maximum atomic E-state index is 11.7. The average Bonchev–Trinajstić information content (AvgIpc) is 2.46. The summed E-state index contributed by atoms with van der Waals surface area (Å²) in [5.74, 6) is 0.370. The number of amides is 1. The van der Waals surface area contributed by atoms with Crippen molar-refractivity contribution < 1.29 is 14.6 Å². The van der Waals surface area contributed by atoms with Gasteiger partial charge in [0.1, 0.15) is 11.5 Å². The third-order valence-electron chi connectivity index (χ3n) is 2.81. The lowest BCUT2D eigenvalue weighted by atomic mass is 10.2. The van der Waals surface area contributed by atoms with Gasteiger partial charge < -0.3 is 9.84 Å². The smallest absolute Gasteiger partial charge is 0.277 e. The van der Waals surface area contributed by atoms with Crippen molar-refractivity contribution in [3.8, 4) is 11.5 Å². The molecule has 0 aliphatic heterocycles. The van der Waals surface area contributed by atoms with Gasteiger partial charge in [0, 0.05) is 4.47 Å². The molecule has 0 radical (unpaired) electrons. The molecule has 0 spiro atoms. The highest BCUT2D eigenvalue weighted by atomic mass is 79.9. The predicted molar refractivity (Wildman–Crippen MR) is 95.9 cm³/mol. The van der Waals surface area contributed by atoms with E-state index < -0.39 is 0 Å². The fraction of sp³-hybridized carbons (Fsp3) is 0.125. The van der Waals surface area contributed by atoms with Gasteiger partial charge in [0.15, 0.2) is 6.61 Å². The van der Waals surface area contributed by atoms with E-state index >= 15 is 0 Å². The molecule has 120 valence electrons. The Balaban J connectivity index is 1.88. The maximum absolute atomic E-state index is 11.7. The zero-order valence-corrected chi connectivity index (χ0v) is 15.4. The number of phenolic OH excluding ortho intramolecular Hbond substituents is 1. The van der Waals surface area contributed by atoms with Crippen LogP contribution in [-0.4, -0.2) is 23.8 Å². The van der Waals surface area contributed by atoms with Crippen LogP contribution in [0.1, 0.15) is 11.1 Å². The van der Waals surface area contributed by atoms with Crippen molar-refractivity contribution in [2.75, 3.05) is 6.61 Å². The Morgan fingerprint density at radius 2 is 2.13 bits per heavy atom. The van der Waals surface area contributed by atoms with Crippen LogP contribution in [0.2, 0.25) is 0 Å². The minimum atomic E-state index is -0.379. The Morgan fingerprint density at radius 3 is 2.83 bits per heavy atom. The Labute approximate surface area is 150 Å². The van der Waals surface area contributed by atoms with E-state index in [9.17, 15) is 9.90 Å². The third-order valence-corrected chi connectivity index (χ3v) is 3.86. The molecule has 0 aromatic heterocycles. The summed E-state index contributed by atoms with van der Waals surface area (Å²) >= 11 is 6.78. The van der Waals surface area contributed by atoms with Crippen LogP contribution in [0.25, 0.3) is 0 Å². The fourth-order valence-corrected chi connectivity index (χ4v) is 3.38. The van der Waals surface area contributed by atoms with E-state index in [0.717, 1.165) is 14.5 Å². The van der Waals surface area contributed by atoms with Gasteiger partial charge in [0.05, 0.1) is 10.7 Å². The molecule has 2 rings (SSSR count). The molecule has 0 bridgehead atoms. The van der Waals surface area contributed by atoms with Crippen molar-refractivity contribution in [3.05, 3.63) is 56.5 Å². The molecule has 0 saturated carbocycles. The number of hydrogen-bond donors (Lipinski definition) is 2. The van der Waals surface area contributed by atoms with Gasteiger partial charge in [-0.3, -0.25) is 4.79 Å². The Hall–Kier alpha value is -1.86. The number of hydrogen-bond acceptors (Lipinski definition) is 4. The molecular formula is C16H14Br2N2O3. The van der Waals surface area contributed by atoms with E-state index in [0.29, 0.717) is 11.3 Å². The van der Waals surface area contributed by atoms with Crippen molar-refractivity contribution in [1.29, 1.82) is 0 Å². The largest absolute Gasteiger partial charge is 0.508 e. The summed E-state index contributed by atoms with van der Waals surface area (Å²) in [5.41, 5.74) is 3.95. The second-order valence-corrected chi connectivity index (χ2v) is 6.48. The highest BCUT2D eigenvalue weighted by Crippen LogP contribution is 2.32. The molecule has 2 N–H and O–H groups in total. The van der Waals surface area contributed by atoms with E-state index in [1.54, 1.807) is 18.2 Å². The second-order valence-electron chi connectivity index (χ2n) is 4.71. The molecule has 5 nitrogen and oxygen atoms in total. The number of carbonyl (C=O) groups excluding carboxylic acids is 1. The van der Waals surface area contributed by atoms with Crippen molar-refractivity contribution in [2.24, 2.45) is 5.10 Å².